The molecule has 40 heavy (non-hydrogen) atoms. The predicted octanol–water partition coefficient (Wildman–Crippen LogP) is 5.28. The third-order valence-corrected chi connectivity index (χ3v) is 8.21. The molecule has 1 N–H and O–H groups in total. The van der Waals surface area contributed by atoms with Crippen LogP contribution in [-0.2, 0) is 32.6 Å². The van der Waals surface area contributed by atoms with E-state index >= 15 is 0 Å². The SMILES string of the molecule is CC[C@H](C)NC(=O)[C@H](Cc1ccccc1)N(Cc1ccc(C)cc1)C(=O)CN(c1ccc(Cl)cc1C)S(C)(=O)=O. The molecule has 0 fully saturated rings. The molecule has 9 heteroatoms. The van der Waals surface area contributed by atoms with Crippen molar-refractivity contribution in [2.24, 2.45) is 0 Å². The van der Waals surface area contributed by atoms with E-state index in [1.54, 1.807) is 25.1 Å². The maximum atomic E-state index is 14.1. The number of halogens is 1. The molecular formula is C31H38ClN3O4S. The lowest BCUT2D eigenvalue weighted by Crippen LogP contribution is -2.54. The van der Waals surface area contributed by atoms with Gasteiger partial charge in [0.1, 0.15) is 12.6 Å². The van der Waals surface area contributed by atoms with Gasteiger partial charge in [-0.15, -0.1) is 0 Å². The zero-order valence-corrected chi connectivity index (χ0v) is 25.3. The average molecular weight is 584 g/mol. The standard InChI is InChI=1S/C31H38ClN3O4S/c1-6-24(4)33-31(37)29(19-25-10-8-7-9-11-25)34(20-26-14-12-22(2)13-15-26)30(36)21-35(40(5,38)39)28-17-16-27(32)18-23(28)3/h7-18,24,29H,6,19-21H2,1-5H3,(H,33,37)/t24-,29-/m0/s1. The van der Waals surface area contributed by atoms with E-state index in [1.165, 1.54) is 4.90 Å². The third kappa shape index (κ3) is 8.57. The lowest BCUT2D eigenvalue weighted by Gasteiger charge is -2.34. The van der Waals surface area contributed by atoms with E-state index in [9.17, 15) is 18.0 Å². The molecule has 0 spiro atoms. The number of amides is 2. The van der Waals surface area contributed by atoms with Crippen LogP contribution >= 0.6 is 11.6 Å². The second kappa shape index (κ2) is 13.8. The van der Waals surface area contributed by atoms with Crippen molar-refractivity contribution in [1.82, 2.24) is 10.2 Å². The zero-order valence-electron chi connectivity index (χ0n) is 23.7. The van der Waals surface area contributed by atoms with E-state index in [1.807, 2.05) is 75.4 Å². The minimum atomic E-state index is -3.85. The average Bonchev–Trinajstić information content (AvgIpc) is 2.90. The number of anilines is 1. The van der Waals surface area contributed by atoms with E-state index < -0.39 is 28.5 Å². The molecule has 2 amide bonds. The number of sulfonamides is 1. The Bertz CT molecular complexity index is 1410. The van der Waals surface area contributed by atoms with Crippen molar-refractivity contribution in [1.29, 1.82) is 0 Å². The second-order valence-electron chi connectivity index (χ2n) is 10.2. The van der Waals surface area contributed by atoms with Crippen molar-refractivity contribution in [3.63, 3.8) is 0 Å². The first-order chi connectivity index (χ1) is 18.9. The van der Waals surface area contributed by atoms with Crippen molar-refractivity contribution in [3.05, 3.63) is 100 Å². The van der Waals surface area contributed by atoms with Crippen LogP contribution in [0.2, 0.25) is 5.02 Å². The van der Waals surface area contributed by atoms with Crippen LogP contribution in [0.4, 0.5) is 5.69 Å². The van der Waals surface area contributed by atoms with Gasteiger partial charge in [0.2, 0.25) is 21.8 Å². The highest BCUT2D eigenvalue weighted by Gasteiger charge is 2.33. The number of hydrogen-bond acceptors (Lipinski definition) is 4. The Hall–Kier alpha value is -3.36. The molecule has 0 heterocycles. The van der Waals surface area contributed by atoms with Crippen molar-refractivity contribution in [2.75, 3.05) is 17.1 Å². The van der Waals surface area contributed by atoms with Crippen molar-refractivity contribution >= 4 is 39.1 Å². The lowest BCUT2D eigenvalue weighted by molar-refractivity contribution is -0.140. The monoisotopic (exact) mass is 583 g/mol. The third-order valence-electron chi connectivity index (χ3n) is 6.85. The number of carbonyl (C=O) groups excluding carboxylic acids is 2. The Balaban J connectivity index is 2.07. The summed E-state index contributed by atoms with van der Waals surface area (Å²) in [6.45, 7) is 7.29. The van der Waals surface area contributed by atoms with Crippen molar-refractivity contribution < 1.29 is 18.0 Å². The molecule has 0 aliphatic heterocycles. The van der Waals surface area contributed by atoms with Crippen molar-refractivity contribution in [2.45, 2.75) is 59.2 Å². The van der Waals surface area contributed by atoms with Crippen LogP contribution in [-0.4, -0.2) is 50.0 Å². The summed E-state index contributed by atoms with van der Waals surface area (Å²) in [6.07, 6.45) is 2.07. The van der Waals surface area contributed by atoms with E-state index in [0.29, 0.717) is 16.3 Å². The van der Waals surface area contributed by atoms with Crippen molar-refractivity contribution in [3.8, 4) is 0 Å². The van der Waals surface area contributed by atoms with Gasteiger partial charge in [0.05, 0.1) is 11.9 Å². The summed E-state index contributed by atoms with van der Waals surface area (Å²) in [5.74, 6) is -0.771. The predicted molar refractivity (Wildman–Crippen MR) is 162 cm³/mol. The van der Waals surface area contributed by atoms with E-state index in [-0.39, 0.29) is 24.9 Å². The summed E-state index contributed by atoms with van der Waals surface area (Å²) in [4.78, 5) is 29.3. The number of hydrogen-bond donors (Lipinski definition) is 1. The van der Waals surface area contributed by atoms with Gasteiger partial charge in [0.15, 0.2) is 0 Å². The Morgan fingerprint density at radius 2 is 1.60 bits per heavy atom. The summed E-state index contributed by atoms with van der Waals surface area (Å²) in [6, 6.07) is 21.1. The molecule has 0 bridgehead atoms. The van der Waals surface area contributed by atoms with Gasteiger partial charge < -0.3 is 10.2 Å². The molecule has 7 nitrogen and oxygen atoms in total. The molecule has 0 unspecified atom stereocenters. The first-order valence-corrected chi connectivity index (χ1v) is 15.5. The van der Waals surface area contributed by atoms with Gasteiger partial charge in [0.25, 0.3) is 0 Å². The molecule has 0 radical (unpaired) electrons. The van der Waals surface area contributed by atoms with Crippen LogP contribution in [0.5, 0.6) is 0 Å². The first kappa shape index (κ1) is 31.2. The van der Waals surface area contributed by atoms with Crippen LogP contribution in [0.25, 0.3) is 0 Å². The minimum Gasteiger partial charge on any atom is -0.352 e. The number of nitrogens with one attached hydrogen (secondary N) is 1. The number of aryl methyl sites for hydroxylation is 2. The topological polar surface area (TPSA) is 86.8 Å². The molecule has 0 aliphatic rings. The number of carbonyl (C=O) groups is 2. The lowest BCUT2D eigenvalue weighted by atomic mass is 10.0. The number of benzene rings is 3. The first-order valence-electron chi connectivity index (χ1n) is 13.3. The van der Waals surface area contributed by atoms with E-state index in [2.05, 4.69) is 5.32 Å². The molecule has 0 saturated heterocycles. The molecule has 0 aromatic heterocycles. The molecule has 3 aromatic rings. The highest BCUT2D eigenvalue weighted by molar-refractivity contribution is 7.92. The molecule has 214 valence electrons. The van der Waals surface area contributed by atoms with Gasteiger partial charge >= 0.3 is 0 Å². The maximum absolute atomic E-state index is 14.1. The molecule has 3 aromatic carbocycles. The number of rotatable bonds is 12. The smallest absolute Gasteiger partial charge is 0.244 e. The molecular weight excluding hydrogens is 546 g/mol. The minimum absolute atomic E-state index is 0.0914. The summed E-state index contributed by atoms with van der Waals surface area (Å²) in [5.41, 5.74) is 3.77. The van der Waals surface area contributed by atoms with Gasteiger partial charge in [-0.1, -0.05) is 78.7 Å². The Kier molecular flexibility index (Phi) is 10.8. The van der Waals surface area contributed by atoms with Crippen LogP contribution < -0.4 is 9.62 Å². The van der Waals surface area contributed by atoms with Gasteiger partial charge in [-0.3, -0.25) is 13.9 Å². The van der Waals surface area contributed by atoms with Crippen LogP contribution in [0.3, 0.4) is 0 Å². The highest BCUT2D eigenvalue weighted by Crippen LogP contribution is 2.26. The highest BCUT2D eigenvalue weighted by atomic mass is 35.5. The van der Waals surface area contributed by atoms with Gasteiger partial charge in [0, 0.05) is 24.0 Å². The molecule has 3 rings (SSSR count). The largest absolute Gasteiger partial charge is 0.352 e. The Labute approximate surface area is 243 Å². The Morgan fingerprint density at radius 3 is 2.17 bits per heavy atom. The quantitative estimate of drug-likeness (QED) is 0.314. The van der Waals surface area contributed by atoms with Gasteiger partial charge in [-0.2, -0.15) is 0 Å². The fourth-order valence-electron chi connectivity index (χ4n) is 4.38. The summed E-state index contributed by atoms with van der Waals surface area (Å²) < 4.78 is 27.0. The molecule has 0 aliphatic carbocycles. The molecule has 0 saturated carbocycles. The van der Waals surface area contributed by atoms with Crippen LogP contribution in [0, 0.1) is 13.8 Å². The summed E-state index contributed by atoms with van der Waals surface area (Å²) >= 11 is 6.11. The Morgan fingerprint density at radius 1 is 0.950 bits per heavy atom. The van der Waals surface area contributed by atoms with Gasteiger partial charge in [-0.05, 0) is 62.1 Å². The van der Waals surface area contributed by atoms with Crippen LogP contribution in [0.15, 0.2) is 72.8 Å². The summed E-state index contributed by atoms with van der Waals surface area (Å²) in [7, 11) is -3.85. The number of nitrogens with zero attached hydrogens (tertiary/aromatic N) is 2. The maximum Gasteiger partial charge on any atom is 0.244 e. The van der Waals surface area contributed by atoms with E-state index in [0.717, 1.165) is 33.7 Å². The fourth-order valence-corrected chi connectivity index (χ4v) is 5.51. The van der Waals surface area contributed by atoms with E-state index in [4.69, 9.17) is 11.6 Å². The normalized spacial score (nSPS) is 12.8. The summed E-state index contributed by atoms with van der Waals surface area (Å²) in [5, 5.41) is 3.50. The fraction of sp³-hybridized carbons (Fsp3) is 0.355. The molecule has 2 atom stereocenters. The second-order valence-corrected chi connectivity index (χ2v) is 12.6. The van der Waals surface area contributed by atoms with Crippen LogP contribution in [0.1, 0.15) is 42.5 Å². The van der Waals surface area contributed by atoms with Gasteiger partial charge in [-0.25, -0.2) is 8.42 Å². The zero-order chi connectivity index (χ0) is 29.4.